The molecule has 2 rings (SSSR count). The largest absolute Gasteiger partial charge is 0.478 e. The van der Waals surface area contributed by atoms with Gasteiger partial charge in [0.1, 0.15) is 5.82 Å². The third kappa shape index (κ3) is 10.4. The Balaban J connectivity index is 0.000000512. The fourth-order valence-corrected chi connectivity index (χ4v) is 3.08. The lowest BCUT2D eigenvalue weighted by Gasteiger charge is -2.35. The van der Waals surface area contributed by atoms with E-state index in [1.165, 1.54) is 6.07 Å². The highest BCUT2D eigenvalue weighted by molar-refractivity contribution is 5.89. The van der Waals surface area contributed by atoms with Crippen molar-refractivity contribution in [3.05, 3.63) is 47.3 Å². The van der Waals surface area contributed by atoms with Crippen molar-refractivity contribution in [3.63, 3.8) is 0 Å². The minimum Gasteiger partial charge on any atom is -0.478 e. The monoisotopic (exact) mass is 450 g/mol. The first kappa shape index (κ1) is 26.5. The van der Waals surface area contributed by atoms with Crippen LogP contribution in [-0.2, 0) is 27.0 Å². The summed E-state index contributed by atoms with van der Waals surface area (Å²) >= 11 is 0. The molecule has 31 heavy (non-hydrogen) atoms. The molecule has 0 aliphatic carbocycles. The second-order valence-electron chi connectivity index (χ2n) is 6.75. The number of nitrogens with one attached hydrogen (secondary N) is 1. The Morgan fingerprint density at radius 3 is 2.26 bits per heavy atom. The Kier molecular flexibility index (Phi) is 11.2. The highest BCUT2D eigenvalue weighted by Crippen LogP contribution is 2.33. The normalized spacial score (nSPS) is 15.0. The lowest BCUT2D eigenvalue weighted by Crippen LogP contribution is -2.44. The summed E-state index contributed by atoms with van der Waals surface area (Å²) in [5.74, 6) is -3.38. The molecule has 174 valence electrons. The molecule has 1 aromatic rings. The maximum Gasteiger partial charge on any atom is 0.416 e. The van der Waals surface area contributed by atoms with E-state index >= 15 is 0 Å². The molecule has 1 aliphatic rings. The zero-order valence-corrected chi connectivity index (χ0v) is 17.0. The van der Waals surface area contributed by atoms with E-state index in [4.69, 9.17) is 14.9 Å². The number of rotatable bonds is 8. The van der Waals surface area contributed by atoms with Crippen molar-refractivity contribution in [2.45, 2.75) is 31.6 Å². The summed E-state index contributed by atoms with van der Waals surface area (Å²) in [6.07, 6.45) is -1.68. The lowest BCUT2D eigenvalue weighted by molar-refractivity contribution is -0.138. The zero-order valence-electron chi connectivity index (χ0n) is 17.0. The van der Waals surface area contributed by atoms with Gasteiger partial charge in [-0.1, -0.05) is 6.07 Å². The number of carboxylic acids is 2. The van der Waals surface area contributed by atoms with E-state index in [-0.39, 0.29) is 18.2 Å². The van der Waals surface area contributed by atoms with Crippen molar-refractivity contribution < 1.29 is 42.1 Å². The topological polar surface area (TPSA) is 99.1 Å². The summed E-state index contributed by atoms with van der Waals surface area (Å²) in [6.45, 7) is 2.85. The van der Waals surface area contributed by atoms with Gasteiger partial charge in [-0.15, -0.1) is 0 Å². The van der Waals surface area contributed by atoms with Gasteiger partial charge in [0.15, 0.2) is 0 Å². The Labute approximate surface area is 177 Å². The van der Waals surface area contributed by atoms with Gasteiger partial charge in [0.05, 0.1) is 12.2 Å². The molecule has 0 saturated carbocycles. The van der Waals surface area contributed by atoms with Gasteiger partial charge in [0, 0.05) is 38.4 Å². The Hall–Kier alpha value is -2.50. The second-order valence-corrected chi connectivity index (χ2v) is 6.75. The summed E-state index contributed by atoms with van der Waals surface area (Å²) in [5, 5.41) is 18.9. The predicted molar refractivity (Wildman–Crippen MR) is 104 cm³/mol. The van der Waals surface area contributed by atoms with Gasteiger partial charge >= 0.3 is 18.1 Å². The number of benzene rings is 1. The fraction of sp³-hybridized carbons (Fsp3) is 0.500. The molecule has 0 spiro atoms. The Bertz CT molecular complexity index is 734. The molecule has 1 saturated heterocycles. The number of halogens is 4. The molecule has 0 unspecified atom stereocenters. The summed E-state index contributed by atoms with van der Waals surface area (Å²) < 4.78 is 57.8. The highest BCUT2D eigenvalue weighted by atomic mass is 19.4. The van der Waals surface area contributed by atoms with Crippen LogP contribution in [0.3, 0.4) is 0 Å². The third-order valence-electron chi connectivity index (χ3n) is 4.53. The number of methoxy groups -OCH3 is 1. The molecule has 0 atom stereocenters. The summed E-state index contributed by atoms with van der Waals surface area (Å²) in [5.41, 5.74) is -0.789. The molecule has 1 aliphatic heterocycles. The van der Waals surface area contributed by atoms with Crippen molar-refractivity contribution in [2.75, 3.05) is 33.4 Å². The standard InChI is InChI=1S/C16H22F4N2O.C4H4O4/c1-23-9-8-22(14-4-6-21-7-5-14)11-12-2-3-13(17)10-15(12)16(18,19)20;5-3(6)1-2-4(7)8/h2-3,10,14,21H,4-9,11H2,1H3;1-2H,(H,5,6)(H,7,8)/b;2-1+. The highest BCUT2D eigenvalue weighted by Gasteiger charge is 2.34. The van der Waals surface area contributed by atoms with E-state index in [2.05, 4.69) is 5.32 Å². The summed E-state index contributed by atoms with van der Waals surface area (Å²) in [4.78, 5) is 21.1. The number of hydrogen-bond donors (Lipinski definition) is 3. The SMILES string of the molecule is COCCN(Cc1ccc(F)cc1C(F)(F)F)C1CCNCC1.O=C(O)/C=C/C(=O)O. The molecular formula is C20H26F4N2O5. The van der Waals surface area contributed by atoms with Crippen molar-refractivity contribution >= 4 is 11.9 Å². The van der Waals surface area contributed by atoms with Crippen LogP contribution in [0.1, 0.15) is 24.0 Å². The molecule has 1 heterocycles. The molecule has 1 aromatic carbocycles. The average molecular weight is 450 g/mol. The molecule has 3 N–H and O–H groups in total. The number of carbonyl (C=O) groups is 2. The number of aliphatic carboxylic acids is 2. The van der Waals surface area contributed by atoms with E-state index in [0.29, 0.717) is 31.4 Å². The molecular weight excluding hydrogens is 424 g/mol. The quantitative estimate of drug-likeness (QED) is 0.414. The lowest BCUT2D eigenvalue weighted by atomic mass is 10.0. The first-order chi connectivity index (χ1) is 14.5. The van der Waals surface area contributed by atoms with Gasteiger partial charge in [-0.3, -0.25) is 4.90 Å². The molecule has 0 bridgehead atoms. The maximum atomic E-state index is 13.2. The third-order valence-corrected chi connectivity index (χ3v) is 4.53. The minimum absolute atomic E-state index is 0.105. The van der Waals surface area contributed by atoms with Crippen molar-refractivity contribution in [3.8, 4) is 0 Å². The molecule has 7 nitrogen and oxygen atoms in total. The van der Waals surface area contributed by atoms with Gasteiger partial charge in [-0.2, -0.15) is 13.2 Å². The van der Waals surface area contributed by atoms with Crippen LogP contribution in [0.5, 0.6) is 0 Å². The average Bonchev–Trinajstić information content (AvgIpc) is 2.71. The smallest absolute Gasteiger partial charge is 0.416 e. The molecule has 11 heteroatoms. The Morgan fingerprint density at radius 2 is 1.77 bits per heavy atom. The van der Waals surface area contributed by atoms with Gasteiger partial charge < -0.3 is 20.3 Å². The van der Waals surface area contributed by atoms with Gasteiger partial charge in [-0.25, -0.2) is 14.0 Å². The molecule has 0 aromatic heterocycles. The van der Waals surface area contributed by atoms with E-state index in [1.807, 2.05) is 4.90 Å². The van der Waals surface area contributed by atoms with E-state index in [1.54, 1.807) is 7.11 Å². The van der Waals surface area contributed by atoms with Crippen LogP contribution in [0.25, 0.3) is 0 Å². The van der Waals surface area contributed by atoms with Gasteiger partial charge in [-0.05, 0) is 43.6 Å². The van der Waals surface area contributed by atoms with E-state index in [9.17, 15) is 27.2 Å². The van der Waals surface area contributed by atoms with Crippen LogP contribution in [0, 0.1) is 5.82 Å². The van der Waals surface area contributed by atoms with Crippen LogP contribution in [0.4, 0.5) is 17.6 Å². The van der Waals surface area contributed by atoms with Crippen LogP contribution in [0.2, 0.25) is 0 Å². The number of piperidine rings is 1. The first-order valence-corrected chi connectivity index (χ1v) is 9.47. The first-order valence-electron chi connectivity index (χ1n) is 9.47. The summed E-state index contributed by atoms with van der Waals surface area (Å²) in [6, 6.07) is 3.10. The van der Waals surface area contributed by atoms with Crippen molar-refractivity contribution in [1.82, 2.24) is 10.2 Å². The molecule has 0 amide bonds. The number of carboxylic acid groups (broad SMARTS) is 2. The van der Waals surface area contributed by atoms with Crippen molar-refractivity contribution in [2.24, 2.45) is 0 Å². The van der Waals surface area contributed by atoms with E-state index in [0.717, 1.165) is 32.0 Å². The number of nitrogens with zero attached hydrogens (tertiary/aromatic N) is 1. The van der Waals surface area contributed by atoms with Gasteiger partial charge in [0.2, 0.25) is 0 Å². The van der Waals surface area contributed by atoms with Crippen molar-refractivity contribution in [1.29, 1.82) is 0 Å². The fourth-order valence-electron chi connectivity index (χ4n) is 3.08. The Morgan fingerprint density at radius 1 is 1.19 bits per heavy atom. The number of hydrogen-bond acceptors (Lipinski definition) is 5. The molecule has 0 radical (unpaired) electrons. The van der Waals surface area contributed by atoms with Crippen LogP contribution in [0.15, 0.2) is 30.4 Å². The van der Waals surface area contributed by atoms with Crippen LogP contribution >= 0.6 is 0 Å². The number of ether oxygens (including phenoxy) is 1. The predicted octanol–water partition coefficient (Wildman–Crippen LogP) is 2.76. The van der Waals surface area contributed by atoms with Crippen LogP contribution in [-0.4, -0.2) is 66.4 Å². The van der Waals surface area contributed by atoms with Crippen LogP contribution < -0.4 is 5.32 Å². The summed E-state index contributed by atoms with van der Waals surface area (Å²) in [7, 11) is 1.57. The maximum absolute atomic E-state index is 13.2. The molecule has 1 fully saturated rings. The number of alkyl halides is 3. The second kappa shape index (κ2) is 13.0. The zero-order chi connectivity index (χ0) is 23.4. The minimum atomic E-state index is -4.56. The van der Waals surface area contributed by atoms with E-state index < -0.39 is 29.5 Å². The van der Waals surface area contributed by atoms with Gasteiger partial charge in [0.25, 0.3) is 0 Å².